The molecule has 0 heterocycles. The summed E-state index contributed by atoms with van der Waals surface area (Å²) in [6.07, 6.45) is 18.5. The molecule has 4 nitrogen and oxygen atoms in total. The van der Waals surface area contributed by atoms with E-state index in [1.54, 1.807) is 0 Å². The van der Waals surface area contributed by atoms with E-state index in [-0.39, 0.29) is 58.4 Å². The molecule has 0 aromatic rings. The molecule has 0 N–H and O–H groups in total. The second-order valence-electron chi connectivity index (χ2n) is 13.6. The summed E-state index contributed by atoms with van der Waals surface area (Å²) in [7, 11) is -1.11. The van der Waals surface area contributed by atoms with Crippen molar-refractivity contribution in [3.05, 3.63) is 0 Å². The minimum Gasteiger partial charge on any atom is -0.854 e. The van der Waals surface area contributed by atoms with E-state index in [1.165, 1.54) is 51.4 Å². The molecule has 0 saturated carbocycles. The predicted molar refractivity (Wildman–Crippen MR) is 196 cm³/mol. The van der Waals surface area contributed by atoms with Gasteiger partial charge in [0.1, 0.15) is 0 Å². The smallest absolute Gasteiger partial charge is 0.854 e. The van der Waals surface area contributed by atoms with Gasteiger partial charge in [-0.05, 0) is 72.4 Å². The van der Waals surface area contributed by atoms with Crippen molar-refractivity contribution in [2.24, 2.45) is 23.7 Å². The summed E-state index contributed by atoms with van der Waals surface area (Å²) < 4.78 is 0. The zero-order valence-electron chi connectivity index (χ0n) is 30.7. The standard InChI is InChI=1S/2C16H34O2PS2.3Zn/c2*1-15(2)11-7-5-9-13-21(19(17,18)20)14-10-6-8-12-16(3)4;;;/h2*15-16H,5-14H2,1-4H3;;;/q2*-3;3*+2. The molecule has 0 aliphatic rings. The molecule has 0 unspecified atom stereocenters. The zero-order chi connectivity index (χ0) is 32.6. The maximum absolute atomic E-state index is 11.7. The summed E-state index contributed by atoms with van der Waals surface area (Å²) in [5, 5.41) is 0. The van der Waals surface area contributed by atoms with Crippen molar-refractivity contribution in [3.63, 3.8) is 0 Å². The Labute approximate surface area is 335 Å². The molecule has 0 radical (unpaired) electrons. The summed E-state index contributed by atoms with van der Waals surface area (Å²) >= 11 is 9.52. The molecular formula is C32H68O4P2S4Zn3. The third-order valence-electron chi connectivity index (χ3n) is 7.28. The molecule has 0 aromatic carbocycles. The van der Waals surface area contributed by atoms with Crippen LogP contribution in [0.25, 0.3) is 0 Å². The molecule has 0 aliphatic carbocycles. The van der Waals surface area contributed by atoms with Crippen LogP contribution >= 0.6 is 11.4 Å². The van der Waals surface area contributed by atoms with Crippen LogP contribution in [0.5, 0.6) is 0 Å². The van der Waals surface area contributed by atoms with Crippen LogP contribution in [0.15, 0.2) is 0 Å². The van der Waals surface area contributed by atoms with Crippen LogP contribution in [-0.4, -0.2) is 23.0 Å². The Morgan fingerprint density at radius 3 is 0.689 bits per heavy atom. The molecule has 0 spiro atoms. The fourth-order valence-corrected chi connectivity index (χ4v) is 15.0. The minimum absolute atomic E-state index is 0. The molecule has 0 saturated heterocycles. The van der Waals surface area contributed by atoms with Crippen LogP contribution in [0.4, 0.5) is 0 Å². The van der Waals surface area contributed by atoms with Crippen LogP contribution in [0.2, 0.25) is 0 Å². The van der Waals surface area contributed by atoms with Gasteiger partial charge in [-0.2, -0.15) is 0 Å². The Balaban J connectivity index is -0.000000222. The van der Waals surface area contributed by atoms with Gasteiger partial charge in [-0.25, -0.2) is 20.1 Å². The molecule has 0 atom stereocenters. The number of rotatable bonds is 24. The Bertz CT molecular complexity index is 644. The van der Waals surface area contributed by atoms with Gasteiger partial charge in [0.25, 0.3) is 0 Å². The Hall–Kier alpha value is 3.97. The van der Waals surface area contributed by atoms with E-state index < -0.39 is 31.5 Å². The Kier molecular flexibility index (Phi) is 47.1. The number of unbranched alkanes of at least 4 members (excludes halogenated alkanes) is 8. The zero-order valence-corrected chi connectivity index (χ0v) is 44.7. The van der Waals surface area contributed by atoms with E-state index >= 15 is 0 Å². The van der Waals surface area contributed by atoms with Gasteiger partial charge in [0.15, 0.2) is 0 Å². The first-order valence-electron chi connectivity index (χ1n) is 16.9. The molecule has 0 fully saturated rings. The quantitative estimate of drug-likeness (QED) is 0.0423. The normalized spacial score (nSPS) is 12.0. The molecule has 0 rings (SSSR count). The van der Waals surface area contributed by atoms with Crippen LogP contribution in [-0.2, 0) is 103 Å². The van der Waals surface area contributed by atoms with Crippen LogP contribution in [0, 0.1) is 23.7 Å². The SMILES string of the molecule is CC(C)CCCCCS(CCCCCC(C)C)=P([O-])([O-])[S-].CC(C)CCCCCS(CCCCCC(C)C)=P([O-])([O-])[S-].[Zn+2].[Zn+2].[Zn+2]. The van der Waals surface area contributed by atoms with E-state index in [2.05, 4.69) is 55.4 Å². The third-order valence-corrected chi connectivity index (χ3v) is 21.4. The van der Waals surface area contributed by atoms with Gasteiger partial charge < -0.3 is 55.5 Å². The summed E-state index contributed by atoms with van der Waals surface area (Å²) in [6, 6.07) is 0. The third kappa shape index (κ3) is 44.1. The van der Waals surface area contributed by atoms with Gasteiger partial charge in [-0.15, -0.1) is 0 Å². The van der Waals surface area contributed by atoms with E-state index in [4.69, 9.17) is 24.5 Å². The average Bonchev–Trinajstić information content (AvgIpc) is 2.83. The van der Waals surface area contributed by atoms with Crippen molar-refractivity contribution in [2.45, 2.75) is 158 Å². The molecular weight excluding hydrogens is 835 g/mol. The first-order chi connectivity index (χ1) is 19.5. The number of hydrogen-bond donors (Lipinski definition) is 0. The van der Waals surface area contributed by atoms with Crippen molar-refractivity contribution >= 4 is 56.0 Å². The summed E-state index contributed by atoms with van der Waals surface area (Å²) in [5.41, 5.74) is -7.10. The van der Waals surface area contributed by atoms with Gasteiger partial charge in [0, 0.05) is 0 Å². The van der Waals surface area contributed by atoms with Crippen molar-refractivity contribution in [1.82, 2.24) is 0 Å². The van der Waals surface area contributed by atoms with Gasteiger partial charge in [-0.1, -0.05) is 132 Å². The fourth-order valence-electron chi connectivity index (χ4n) is 4.64. The molecule has 260 valence electrons. The summed E-state index contributed by atoms with van der Waals surface area (Å²) in [6.45, 7) is 17.9. The van der Waals surface area contributed by atoms with Crippen molar-refractivity contribution in [3.8, 4) is 0 Å². The van der Waals surface area contributed by atoms with E-state index in [1.807, 2.05) is 0 Å². The second-order valence-corrected chi connectivity index (χ2v) is 29.1. The average molecular weight is 903 g/mol. The molecule has 13 heteroatoms. The Morgan fingerprint density at radius 2 is 0.556 bits per heavy atom. The van der Waals surface area contributed by atoms with Gasteiger partial charge >= 0.3 is 58.4 Å². The van der Waals surface area contributed by atoms with Gasteiger partial charge in [-0.3, -0.25) is 0 Å². The maximum atomic E-state index is 11.7. The van der Waals surface area contributed by atoms with Crippen molar-refractivity contribution in [1.29, 1.82) is 0 Å². The fraction of sp³-hybridized carbons (Fsp3) is 1.00. The molecule has 0 amide bonds. The molecule has 0 bridgehead atoms. The van der Waals surface area contributed by atoms with Gasteiger partial charge in [0.2, 0.25) is 0 Å². The maximum Gasteiger partial charge on any atom is 2.00 e. The first kappa shape index (κ1) is 58.3. The largest absolute Gasteiger partial charge is 2.00 e. The van der Waals surface area contributed by atoms with Crippen LogP contribution < -0.4 is 19.6 Å². The van der Waals surface area contributed by atoms with Crippen molar-refractivity contribution < 1.29 is 78.0 Å². The predicted octanol–water partition coefficient (Wildman–Crippen LogP) is 7.96. The first-order valence-corrected chi connectivity index (χ1v) is 26.5. The molecule has 0 aliphatic heterocycles. The summed E-state index contributed by atoms with van der Waals surface area (Å²) in [4.78, 5) is 46.9. The van der Waals surface area contributed by atoms with Gasteiger partial charge in [0.05, 0.1) is 0 Å². The number of hydrogen-bond acceptors (Lipinski definition) is 6. The van der Waals surface area contributed by atoms with E-state index in [0.717, 1.165) is 98.0 Å². The van der Waals surface area contributed by atoms with E-state index in [0.29, 0.717) is 0 Å². The topological polar surface area (TPSA) is 92.2 Å². The molecule has 45 heavy (non-hydrogen) atoms. The van der Waals surface area contributed by atoms with E-state index in [9.17, 15) is 19.6 Å². The second kappa shape index (κ2) is 36.3. The minimum atomic E-state index is -3.55. The van der Waals surface area contributed by atoms with Crippen LogP contribution in [0.1, 0.15) is 158 Å². The molecule has 0 aromatic heterocycles. The summed E-state index contributed by atoms with van der Waals surface area (Å²) in [5.74, 6) is 6.17. The Morgan fingerprint density at radius 1 is 0.378 bits per heavy atom. The van der Waals surface area contributed by atoms with Crippen LogP contribution in [0.3, 0.4) is 0 Å². The monoisotopic (exact) mass is 898 g/mol. The van der Waals surface area contributed by atoms with Crippen molar-refractivity contribution in [2.75, 3.05) is 23.0 Å².